The summed E-state index contributed by atoms with van der Waals surface area (Å²) in [5.74, 6) is -0.284. The summed E-state index contributed by atoms with van der Waals surface area (Å²) in [5, 5.41) is 0.0795. The van der Waals surface area contributed by atoms with E-state index < -0.39 is 20.9 Å². The van der Waals surface area contributed by atoms with E-state index in [0.717, 1.165) is 11.1 Å². The molecule has 0 saturated carbocycles. The van der Waals surface area contributed by atoms with Crippen LogP contribution >= 0.6 is 0 Å². The molecule has 32 heavy (non-hydrogen) atoms. The Balaban J connectivity index is 3.01. The number of carbonyl (C=O) groups excluding carboxylic acids is 1. The first-order chi connectivity index (χ1) is 14.8. The Hall–Kier alpha value is -1.25. The summed E-state index contributed by atoms with van der Waals surface area (Å²) in [7, 11) is 1.20. The third kappa shape index (κ3) is 8.94. The van der Waals surface area contributed by atoms with Crippen LogP contribution < -0.4 is 0 Å². The molecule has 0 bridgehead atoms. The van der Waals surface area contributed by atoms with Crippen LogP contribution in [0.2, 0.25) is 18.1 Å². The predicted molar refractivity (Wildman–Crippen MR) is 131 cm³/mol. The minimum atomic E-state index is -2.01. The molecule has 0 aromatic carbocycles. The van der Waals surface area contributed by atoms with Crippen LogP contribution in [0.5, 0.6) is 0 Å². The van der Waals surface area contributed by atoms with Crippen molar-refractivity contribution in [2.45, 2.75) is 97.1 Å². The van der Waals surface area contributed by atoms with E-state index in [-0.39, 0.29) is 17.1 Å². The van der Waals surface area contributed by atoms with Crippen LogP contribution in [0.3, 0.4) is 0 Å². The van der Waals surface area contributed by atoms with Crippen LogP contribution in [0, 0.1) is 0 Å². The first-order valence-electron chi connectivity index (χ1n) is 11.4. The van der Waals surface area contributed by atoms with Gasteiger partial charge in [0.1, 0.15) is 0 Å². The lowest BCUT2D eigenvalue weighted by molar-refractivity contribution is -0.177. The molecule has 0 spiro atoms. The van der Waals surface area contributed by atoms with E-state index in [4.69, 9.17) is 23.4 Å². The number of rotatable bonds is 13. The second kappa shape index (κ2) is 12.8. The molecule has 184 valence electrons. The van der Waals surface area contributed by atoms with Gasteiger partial charge in [0, 0.05) is 26.2 Å². The van der Waals surface area contributed by atoms with E-state index in [0.29, 0.717) is 37.9 Å². The van der Waals surface area contributed by atoms with E-state index in [1.807, 2.05) is 26.0 Å². The maximum Gasteiger partial charge on any atom is 0.333 e. The second-order valence-corrected chi connectivity index (χ2v) is 14.7. The summed E-state index contributed by atoms with van der Waals surface area (Å²) in [6.45, 7) is 19.4. The first-order valence-corrected chi connectivity index (χ1v) is 14.3. The molecule has 1 heterocycles. The van der Waals surface area contributed by atoms with E-state index in [2.05, 4.69) is 40.4 Å². The van der Waals surface area contributed by atoms with Gasteiger partial charge in [-0.15, -0.1) is 6.58 Å². The highest BCUT2D eigenvalue weighted by molar-refractivity contribution is 6.74. The lowest BCUT2D eigenvalue weighted by Gasteiger charge is -2.39. The predicted octanol–water partition coefficient (Wildman–Crippen LogP) is 5.90. The van der Waals surface area contributed by atoms with Gasteiger partial charge in [0.2, 0.25) is 0 Å². The van der Waals surface area contributed by atoms with Gasteiger partial charge in [-0.25, -0.2) is 4.79 Å². The number of hydrogen-bond donors (Lipinski definition) is 0. The van der Waals surface area contributed by atoms with Gasteiger partial charge in [-0.1, -0.05) is 32.4 Å². The summed E-state index contributed by atoms with van der Waals surface area (Å²) in [6, 6.07) is 0. The average molecular weight is 469 g/mol. The Kier molecular flexibility index (Phi) is 11.6. The van der Waals surface area contributed by atoms with Crippen molar-refractivity contribution < 1.29 is 28.2 Å². The maximum atomic E-state index is 12.7. The molecule has 0 amide bonds. The molecule has 0 N–H and O–H groups in total. The quantitative estimate of drug-likeness (QED) is 0.145. The van der Waals surface area contributed by atoms with Crippen molar-refractivity contribution in [1.82, 2.24) is 0 Å². The van der Waals surface area contributed by atoms with Crippen molar-refractivity contribution >= 4 is 14.3 Å². The fraction of sp³-hybridized carbons (Fsp3) is 0.720. The molecule has 0 aliphatic carbocycles. The van der Waals surface area contributed by atoms with Crippen molar-refractivity contribution in [2.24, 2.45) is 0 Å². The number of allylic oxidation sites excluding steroid dienone is 1. The highest BCUT2D eigenvalue weighted by Crippen LogP contribution is 2.38. The van der Waals surface area contributed by atoms with Gasteiger partial charge in [0.15, 0.2) is 20.9 Å². The number of carbonyl (C=O) groups is 1. The van der Waals surface area contributed by atoms with E-state index >= 15 is 0 Å². The minimum absolute atomic E-state index is 0.0795. The van der Waals surface area contributed by atoms with Gasteiger partial charge in [-0.3, -0.25) is 0 Å². The molecule has 1 aliphatic heterocycles. The maximum absolute atomic E-state index is 12.7. The molecule has 3 atom stereocenters. The molecule has 0 radical (unpaired) electrons. The van der Waals surface area contributed by atoms with Crippen LogP contribution in [0.4, 0.5) is 0 Å². The van der Waals surface area contributed by atoms with Gasteiger partial charge >= 0.3 is 5.97 Å². The van der Waals surface area contributed by atoms with E-state index in [1.165, 1.54) is 0 Å². The molecule has 1 rings (SSSR count). The zero-order valence-corrected chi connectivity index (χ0v) is 22.6. The molecule has 7 heteroatoms. The summed E-state index contributed by atoms with van der Waals surface area (Å²) in [6.07, 6.45) is 5.55. The van der Waals surface area contributed by atoms with Crippen molar-refractivity contribution in [3.63, 3.8) is 0 Å². The van der Waals surface area contributed by atoms with Crippen LogP contribution in [-0.2, 0) is 28.2 Å². The monoisotopic (exact) mass is 468 g/mol. The van der Waals surface area contributed by atoms with Crippen LogP contribution in [0.15, 0.2) is 35.5 Å². The van der Waals surface area contributed by atoms with Crippen LogP contribution in [0.1, 0.15) is 60.3 Å². The van der Waals surface area contributed by atoms with Crippen molar-refractivity contribution in [2.75, 3.05) is 20.8 Å². The Morgan fingerprint density at radius 1 is 1.25 bits per heavy atom. The van der Waals surface area contributed by atoms with Gasteiger partial charge in [0.25, 0.3) is 0 Å². The Morgan fingerprint density at radius 2 is 1.91 bits per heavy atom. The van der Waals surface area contributed by atoms with Crippen molar-refractivity contribution in [3.8, 4) is 0 Å². The fourth-order valence-corrected chi connectivity index (χ4v) is 4.66. The molecule has 0 saturated heterocycles. The zero-order chi connectivity index (χ0) is 24.5. The summed E-state index contributed by atoms with van der Waals surface area (Å²) >= 11 is 0. The zero-order valence-electron chi connectivity index (χ0n) is 21.6. The van der Waals surface area contributed by atoms with Gasteiger partial charge in [-0.2, -0.15) is 0 Å². The normalized spacial score (nSPS) is 20.8. The van der Waals surface area contributed by atoms with E-state index in [1.54, 1.807) is 14.2 Å². The summed E-state index contributed by atoms with van der Waals surface area (Å²) < 4.78 is 28.3. The minimum Gasteiger partial charge on any atom is -0.463 e. The number of hydrogen-bond acceptors (Lipinski definition) is 6. The average Bonchev–Trinajstić information content (AvgIpc) is 3.08. The van der Waals surface area contributed by atoms with Crippen molar-refractivity contribution in [1.29, 1.82) is 0 Å². The molecule has 1 aliphatic rings. The fourth-order valence-electron chi connectivity index (χ4n) is 3.30. The standard InChI is InChI=1S/C25H44O6Si/c1-11-29-23(26)19(13-12-14-20-17-22(27-7)30-24(20)28-8)16-21(15-18(2)3)31-32(9,10)25(4,5)6/h13,17,21-22,24H,2,11-12,14-16H2,1,3-10H3/b19-13-/t21-,22?,24?/m1/s1. The molecule has 6 nitrogen and oxygen atoms in total. The summed E-state index contributed by atoms with van der Waals surface area (Å²) in [4.78, 5) is 12.7. The number of ether oxygens (including phenoxy) is 4. The Labute approximate surface area is 196 Å². The second-order valence-electron chi connectivity index (χ2n) is 9.90. The van der Waals surface area contributed by atoms with Gasteiger partial charge in [0.05, 0.1) is 12.7 Å². The highest BCUT2D eigenvalue weighted by atomic mass is 28.4. The third-order valence-electron chi connectivity index (χ3n) is 6.01. The number of methoxy groups -OCH3 is 2. The van der Waals surface area contributed by atoms with Crippen LogP contribution in [-0.4, -0.2) is 53.8 Å². The molecule has 0 aromatic heterocycles. The molecular formula is C25H44O6Si. The largest absolute Gasteiger partial charge is 0.463 e. The first kappa shape index (κ1) is 28.8. The molecule has 0 fully saturated rings. The SMILES string of the molecule is C=C(C)C[C@H](C/C(=C/CCC1=CC(OC)OC1OC)C(=O)OCC)O[Si](C)(C)C(C)(C)C. The lowest BCUT2D eigenvalue weighted by Crippen LogP contribution is -2.44. The highest BCUT2D eigenvalue weighted by Gasteiger charge is 2.39. The van der Waals surface area contributed by atoms with Gasteiger partial charge in [-0.05, 0) is 62.9 Å². The van der Waals surface area contributed by atoms with Crippen LogP contribution in [0.25, 0.3) is 0 Å². The lowest BCUT2D eigenvalue weighted by atomic mass is 10.0. The van der Waals surface area contributed by atoms with E-state index in [9.17, 15) is 4.79 Å². The topological polar surface area (TPSA) is 63.2 Å². The Morgan fingerprint density at radius 3 is 2.41 bits per heavy atom. The molecular weight excluding hydrogens is 424 g/mol. The Bertz CT molecular complexity index is 689. The number of esters is 1. The summed E-state index contributed by atoms with van der Waals surface area (Å²) in [5.41, 5.74) is 2.70. The molecule has 2 unspecified atom stereocenters. The third-order valence-corrected chi connectivity index (χ3v) is 10.5. The molecule has 0 aromatic rings. The van der Waals surface area contributed by atoms with Crippen molar-refractivity contribution in [3.05, 3.63) is 35.5 Å². The smallest absolute Gasteiger partial charge is 0.333 e. The van der Waals surface area contributed by atoms with Gasteiger partial charge < -0.3 is 23.4 Å².